The minimum absolute atomic E-state index is 0.0102. The zero-order valence-electron chi connectivity index (χ0n) is 13.2. The van der Waals surface area contributed by atoms with Crippen molar-refractivity contribution in [2.75, 3.05) is 10.0 Å². The van der Waals surface area contributed by atoms with Crippen LogP contribution in [0.2, 0.25) is 0 Å². The average molecular weight is 392 g/mol. The minimum Gasteiger partial charge on any atom is -0.324 e. The highest BCUT2D eigenvalue weighted by molar-refractivity contribution is 7.93. The maximum Gasteiger partial charge on any atom is 0.263 e. The van der Waals surface area contributed by atoms with Gasteiger partial charge in [-0.05, 0) is 36.4 Å². The number of amides is 1. The van der Waals surface area contributed by atoms with Gasteiger partial charge in [0, 0.05) is 11.6 Å². The van der Waals surface area contributed by atoms with Crippen molar-refractivity contribution in [3.63, 3.8) is 0 Å². The summed E-state index contributed by atoms with van der Waals surface area (Å²) in [5.41, 5.74) is 0.984. The Morgan fingerprint density at radius 2 is 1.96 bits per heavy atom. The Hall–Kier alpha value is -2.85. The lowest BCUT2D eigenvalue weighted by Gasteiger charge is -2.05. The van der Waals surface area contributed by atoms with Crippen LogP contribution in [0.5, 0.6) is 0 Å². The Kier molecular flexibility index (Phi) is 5.24. The van der Waals surface area contributed by atoms with Crippen LogP contribution in [0.15, 0.2) is 59.1 Å². The number of thiazole rings is 1. The molecule has 10 heteroatoms. The topological polar surface area (TPSA) is 101 Å². The van der Waals surface area contributed by atoms with Crippen LogP contribution in [0.1, 0.15) is 5.69 Å². The predicted octanol–water partition coefficient (Wildman–Crippen LogP) is 2.66. The summed E-state index contributed by atoms with van der Waals surface area (Å²) in [5.74, 6) is -0.823. The summed E-state index contributed by atoms with van der Waals surface area (Å²) in [6.45, 7) is 0. The maximum atomic E-state index is 12.9. The van der Waals surface area contributed by atoms with Crippen molar-refractivity contribution in [3.05, 3.63) is 65.7 Å². The first-order valence-electron chi connectivity index (χ1n) is 7.35. The molecule has 3 rings (SSSR count). The van der Waals surface area contributed by atoms with Crippen molar-refractivity contribution < 1.29 is 17.6 Å². The molecule has 26 heavy (non-hydrogen) atoms. The molecule has 0 aliphatic carbocycles. The van der Waals surface area contributed by atoms with E-state index in [1.54, 1.807) is 23.7 Å². The SMILES string of the molecule is O=C(Cc1csc(NS(=O)(=O)c2ccc(F)cc2)n1)Nc1cccnc1. The van der Waals surface area contributed by atoms with Crippen LogP contribution in [-0.4, -0.2) is 24.3 Å². The predicted molar refractivity (Wildman–Crippen MR) is 95.9 cm³/mol. The number of benzene rings is 1. The zero-order valence-corrected chi connectivity index (χ0v) is 14.8. The second-order valence-electron chi connectivity index (χ2n) is 5.17. The van der Waals surface area contributed by atoms with Crippen LogP contribution in [0.4, 0.5) is 15.2 Å². The summed E-state index contributed by atoms with van der Waals surface area (Å²) in [4.78, 5) is 19.9. The van der Waals surface area contributed by atoms with Crippen LogP contribution in [0.3, 0.4) is 0 Å². The third-order valence-corrected chi connectivity index (χ3v) is 5.47. The number of halogens is 1. The molecule has 7 nitrogen and oxygen atoms in total. The fourth-order valence-electron chi connectivity index (χ4n) is 2.03. The van der Waals surface area contributed by atoms with Gasteiger partial charge in [-0.25, -0.2) is 17.8 Å². The van der Waals surface area contributed by atoms with Gasteiger partial charge in [0.25, 0.3) is 10.0 Å². The van der Waals surface area contributed by atoms with Crippen molar-refractivity contribution >= 4 is 38.1 Å². The first-order chi connectivity index (χ1) is 12.4. The number of hydrogen-bond donors (Lipinski definition) is 2. The third-order valence-electron chi connectivity index (χ3n) is 3.18. The molecule has 0 saturated carbocycles. The number of nitrogens with one attached hydrogen (secondary N) is 2. The molecule has 2 heterocycles. The fourth-order valence-corrected chi connectivity index (χ4v) is 3.99. The van der Waals surface area contributed by atoms with E-state index in [1.165, 1.54) is 6.20 Å². The Morgan fingerprint density at radius 3 is 2.65 bits per heavy atom. The molecule has 134 valence electrons. The molecule has 2 N–H and O–H groups in total. The average Bonchev–Trinajstić information content (AvgIpc) is 3.02. The standard InChI is InChI=1S/C16H13FN4O3S2/c17-11-3-5-14(6-4-11)26(23,24)21-16-20-13(10-25-16)8-15(22)19-12-2-1-7-18-9-12/h1-7,9-10H,8H2,(H,19,22)(H,20,21). The Labute approximate surface area is 153 Å². The summed E-state index contributed by atoms with van der Waals surface area (Å²) in [5, 5.41) is 4.38. The third kappa shape index (κ3) is 4.61. The number of hydrogen-bond acceptors (Lipinski definition) is 6. The van der Waals surface area contributed by atoms with Gasteiger partial charge in [0.2, 0.25) is 5.91 Å². The van der Waals surface area contributed by atoms with Gasteiger partial charge in [-0.3, -0.25) is 14.5 Å². The summed E-state index contributed by atoms with van der Waals surface area (Å²) < 4.78 is 39.7. The molecular weight excluding hydrogens is 379 g/mol. The van der Waals surface area contributed by atoms with E-state index < -0.39 is 15.8 Å². The first-order valence-corrected chi connectivity index (χ1v) is 9.71. The number of sulfonamides is 1. The van der Waals surface area contributed by atoms with E-state index >= 15 is 0 Å². The Morgan fingerprint density at radius 1 is 1.19 bits per heavy atom. The maximum absolute atomic E-state index is 12.9. The van der Waals surface area contributed by atoms with Crippen LogP contribution < -0.4 is 10.0 Å². The van der Waals surface area contributed by atoms with E-state index in [9.17, 15) is 17.6 Å². The van der Waals surface area contributed by atoms with Gasteiger partial charge in [0.05, 0.1) is 28.9 Å². The number of anilines is 2. The first kappa shape index (κ1) is 18.0. The highest BCUT2D eigenvalue weighted by Gasteiger charge is 2.17. The van der Waals surface area contributed by atoms with E-state index in [2.05, 4.69) is 20.0 Å². The summed E-state index contributed by atoms with van der Waals surface area (Å²) in [7, 11) is -3.87. The molecule has 0 bridgehead atoms. The number of nitrogens with zero attached hydrogens (tertiary/aromatic N) is 2. The molecular formula is C16H13FN4O3S2. The molecule has 0 unspecified atom stereocenters. The van der Waals surface area contributed by atoms with Gasteiger partial charge < -0.3 is 5.32 Å². The number of pyridine rings is 1. The molecule has 0 aliphatic heterocycles. The minimum atomic E-state index is -3.87. The van der Waals surface area contributed by atoms with E-state index in [0.717, 1.165) is 35.6 Å². The number of carbonyl (C=O) groups is 1. The lowest BCUT2D eigenvalue weighted by Crippen LogP contribution is -2.15. The van der Waals surface area contributed by atoms with Gasteiger partial charge in [0.1, 0.15) is 5.82 Å². The largest absolute Gasteiger partial charge is 0.324 e. The fraction of sp³-hybridized carbons (Fsp3) is 0.0625. The van der Waals surface area contributed by atoms with Gasteiger partial charge in [-0.2, -0.15) is 0 Å². The number of rotatable bonds is 6. The molecule has 0 atom stereocenters. The lowest BCUT2D eigenvalue weighted by molar-refractivity contribution is -0.115. The summed E-state index contributed by atoms with van der Waals surface area (Å²) >= 11 is 1.05. The highest BCUT2D eigenvalue weighted by Crippen LogP contribution is 2.21. The molecule has 2 aromatic heterocycles. The smallest absolute Gasteiger partial charge is 0.263 e. The van der Waals surface area contributed by atoms with Gasteiger partial charge in [-0.15, -0.1) is 11.3 Å². The van der Waals surface area contributed by atoms with Crippen molar-refractivity contribution in [1.29, 1.82) is 0 Å². The van der Waals surface area contributed by atoms with Crippen LogP contribution in [0, 0.1) is 5.82 Å². The quantitative estimate of drug-likeness (QED) is 0.672. The molecule has 0 fully saturated rings. The van der Waals surface area contributed by atoms with Crippen LogP contribution in [0.25, 0.3) is 0 Å². The van der Waals surface area contributed by atoms with E-state index in [-0.39, 0.29) is 22.4 Å². The second kappa shape index (κ2) is 7.58. The summed E-state index contributed by atoms with van der Waals surface area (Å²) in [6.07, 6.45) is 3.10. The molecule has 3 aromatic rings. The molecule has 1 amide bonds. The molecule has 1 aromatic carbocycles. The molecule has 0 spiro atoms. The summed E-state index contributed by atoms with van der Waals surface area (Å²) in [6, 6.07) is 7.84. The van der Waals surface area contributed by atoms with Crippen molar-refractivity contribution in [1.82, 2.24) is 9.97 Å². The Bertz CT molecular complexity index is 1010. The van der Waals surface area contributed by atoms with Crippen molar-refractivity contribution in [2.45, 2.75) is 11.3 Å². The molecule has 0 saturated heterocycles. The molecule has 0 aliphatic rings. The van der Waals surface area contributed by atoms with Crippen LogP contribution >= 0.6 is 11.3 Å². The second-order valence-corrected chi connectivity index (χ2v) is 7.71. The van der Waals surface area contributed by atoms with E-state index in [0.29, 0.717) is 11.4 Å². The number of aromatic nitrogens is 2. The van der Waals surface area contributed by atoms with E-state index in [4.69, 9.17) is 0 Å². The van der Waals surface area contributed by atoms with Gasteiger partial charge in [-0.1, -0.05) is 0 Å². The lowest BCUT2D eigenvalue weighted by atomic mass is 10.3. The highest BCUT2D eigenvalue weighted by atomic mass is 32.2. The van der Waals surface area contributed by atoms with Gasteiger partial charge >= 0.3 is 0 Å². The van der Waals surface area contributed by atoms with Crippen molar-refractivity contribution in [3.8, 4) is 0 Å². The Balaban J connectivity index is 1.64. The van der Waals surface area contributed by atoms with E-state index in [1.807, 2.05) is 0 Å². The van der Waals surface area contributed by atoms with Crippen LogP contribution in [-0.2, 0) is 21.2 Å². The van der Waals surface area contributed by atoms with Gasteiger partial charge in [0.15, 0.2) is 5.13 Å². The normalized spacial score (nSPS) is 11.1. The molecule has 0 radical (unpaired) electrons. The number of carbonyl (C=O) groups excluding carboxylic acids is 1. The zero-order chi connectivity index (χ0) is 18.6. The monoisotopic (exact) mass is 392 g/mol. The van der Waals surface area contributed by atoms with Crippen molar-refractivity contribution in [2.24, 2.45) is 0 Å².